The zero-order valence-electron chi connectivity index (χ0n) is 4.53. The van der Waals surface area contributed by atoms with Gasteiger partial charge in [-0.15, -0.1) is 0 Å². The van der Waals surface area contributed by atoms with E-state index in [9.17, 15) is 4.79 Å². The molecule has 0 saturated heterocycles. The number of hydrogen-bond acceptors (Lipinski definition) is 2. The second kappa shape index (κ2) is 2.12. The maximum Gasteiger partial charge on any atom is 0.356 e. The van der Waals surface area contributed by atoms with Gasteiger partial charge in [0.1, 0.15) is 11.1 Å². The number of carbonyl (C=O) groups is 1. The summed E-state index contributed by atoms with van der Waals surface area (Å²) in [5, 5.41) is 0. The average molecular weight is 124 g/mol. The lowest BCUT2D eigenvalue weighted by atomic mass is 10.9. The number of imidazole rings is 1. The molecule has 1 rings (SSSR count). The molecule has 0 fully saturated rings. The molecular formula is C4H5AlN2O. The quantitative estimate of drug-likeness (QED) is 0.436. The van der Waals surface area contributed by atoms with Crippen molar-refractivity contribution in [2.45, 2.75) is 0 Å². The number of aromatic nitrogens is 2. The van der Waals surface area contributed by atoms with Gasteiger partial charge < -0.3 is 0 Å². The van der Waals surface area contributed by atoms with Gasteiger partial charge in [-0.05, 0) is 0 Å². The molecule has 40 valence electrons. The lowest BCUT2D eigenvalue weighted by molar-refractivity contribution is 0.261. The van der Waals surface area contributed by atoms with Gasteiger partial charge in [-0.25, -0.2) is 4.98 Å². The van der Waals surface area contributed by atoms with Crippen LogP contribution in [-0.4, -0.2) is 30.6 Å². The highest BCUT2D eigenvalue weighted by Crippen LogP contribution is 1.81. The normalized spacial score (nSPS) is 9.00. The summed E-state index contributed by atoms with van der Waals surface area (Å²) in [7, 11) is 0. The number of rotatable bonds is 0. The second-order valence-electron chi connectivity index (χ2n) is 1.49. The summed E-state index contributed by atoms with van der Waals surface area (Å²) in [5.41, 5.74) is 0. The molecular weight excluding hydrogens is 119 g/mol. The third-order valence-electron chi connectivity index (χ3n) is 0.868. The molecule has 0 aromatic carbocycles. The van der Waals surface area contributed by atoms with E-state index in [1.165, 1.54) is 10.9 Å². The van der Waals surface area contributed by atoms with Crippen molar-refractivity contribution in [3.05, 3.63) is 18.7 Å². The third-order valence-corrected chi connectivity index (χ3v) is 1.38. The Morgan fingerprint density at radius 3 is 2.75 bits per heavy atom. The van der Waals surface area contributed by atoms with Gasteiger partial charge >= 0.3 is 16.3 Å². The first-order valence-corrected chi connectivity index (χ1v) is 3.29. The van der Waals surface area contributed by atoms with E-state index < -0.39 is 0 Å². The van der Waals surface area contributed by atoms with Gasteiger partial charge in [-0.1, -0.05) is 0 Å². The predicted molar refractivity (Wildman–Crippen MR) is 31.6 cm³/mol. The first-order chi connectivity index (χ1) is 3.80. The zero-order chi connectivity index (χ0) is 5.98. The van der Waals surface area contributed by atoms with E-state index in [2.05, 4.69) is 4.98 Å². The topological polar surface area (TPSA) is 34.9 Å². The van der Waals surface area contributed by atoms with Crippen molar-refractivity contribution in [3.8, 4) is 0 Å². The summed E-state index contributed by atoms with van der Waals surface area (Å²) in [6, 6.07) is 0. The van der Waals surface area contributed by atoms with Crippen molar-refractivity contribution < 1.29 is 4.79 Å². The Morgan fingerprint density at radius 2 is 2.50 bits per heavy atom. The van der Waals surface area contributed by atoms with Gasteiger partial charge in [0.05, 0.1) is 0 Å². The van der Waals surface area contributed by atoms with E-state index in [4.69, 9.17) is 0 Å². The molecule has 1 heterocycles. The summed E-state index contributed by atoms with van der Waals surface area (Å²) in [4.78, 5) is 14.2. The smallest absolute Gasteiger partial charge is 0.299 e. The van der Waals surface area contributed by atoms with Crippen molar-refractivity contribution in [2.24, 2.45) is 0 Å². The largest absolute Gasteiger partial charge is 0.356 e. The van der Waals surface area contributed by atoms with Gasteiger partial charge in [-0.2, -0.15) is 0 Å². The molecule has 4 heteroatoms. The van der Waals surface area contributed by atoms with E-state index in [1.54, 1.807) is 12.4 Å². The summed E-state index contributed by atoms with van der Waals surface area (Å²) in [6.45, 7) is 0. The minimum Gasteiger partial charge on any atom is -0.299 e. The standard InChI is InChI=1S/C4H3N2O.Al.2H/c7-4-6-2-1-5-3-6;;;/h1-3H;;;. The maximum atomic E-state index is 10.5. The van der Waals surface area contributed by atoms with E-state index in [0.717, 1.165) is 0 Å². The molecule has 0 aliphatic carbocycles. The molecule has 0 bridgehead atoms. The van der Waals surface area contributed by atoms with Crippen molar-refractivity contribution in [2.75, 3.05) is 0 Å². The van der Waals surface area contributed by atoms with Crippen LogP contribution >= 0.6 is 0 Å². The molecule has 0 spiro atoms. The molecule has 1 aromatic heterocycles. The molecule has 0 aliphatic heterocycles. The fourth-order valence-electron chi connectivity index (χ4n) is 0.445. The first kappa shape index (κ1) is 5.55. The van der Waals surface area contributed by atoms with E-state index in [0.29, 0.717) is 16.3 Å². The minimum atomic E-state index is 0.127. The number of carbonyl (C=O) groups excluding carboxylic acids is 1. The van der Waals surface area contributed by atoms with Crippen LogP contribution in [-0.2, 0) is 0 Å². The van der Waals surface area contributed by atoms with Gasteiger partial charge in [0.25, 0.3) is 0 Å². The van der Waals surface area contributed by atoms with Crippen LogP contribution in [0.15, 0.2) is 18.7 Å². The molecule has 0 unspecified atom stereocenters. The first-order valence-electron chi connectivity index (χ1n) is 2.29. The Labute approximate surface area is 54.8 Å². The van der Waals surface area contributed by atoms with Crippen molar-refractivity contribution in [3.63, 3.8) is 0 Å². The molecule has 3 nitrogen and oxygen atoms in total. The van der Waals surface area contributed by atoms with Crippen molar-refractivity contribution in [1.29, 1.82) is 0 Å². The minimum absolute atomic E-state index is 0.127. The summed E-state index contributed by atoms with van der Waals surface area (Å²) >= 11 is 0.556. The lowest BCUT2D eigenvalue weighted by Gasteiger charge is -1.88. The Kier molecular flexibility index (Phi) is 1.47. The second-order valence-corrected chi connectivity index (χ2v) is 2.34. The molecule has 0 N–H and O–H groups in total. The van der Waals surface area contributed by atoms with E-state index in [-0.39, 0.29) is 4.77 Å². The SMILES string of the molecule is O=[C]([AlH2])n1ccnc1. The fraction of sp³-hybridized carbons (Fsp3) is 0. The molecule has 0 radical (unpaired) electrons. The van der Waals surface area contributed by atoms with Gasteiger partial charge in [0, 0.05) is 12.4 Å². The van der Waals surface area contributed by atoms with Gasteiger partial charge in [0.2, 0.25) is 0 Å². The summed E-state index contributed by atoms with van der Waals surface area (Å²) in [6.07, 6.45) is 4.75. The van der Waals surface area contributed by atoms with E-state index in [1.807, 2.05) is 0 Å². The molecule has 0 atom stereocenters. The Bertz CT molecular complexity index is 182. The van der Waals surface area contributed by atoms with Crippen LogP contribution in [0, 0.1) is 0 Å². The molecule has 1 aromatic rings. The number of hydrogen-bond donors (Lipinski definition) is 0. The van der Waals surface area contributed by atoms with Crippen LogP contribution in [0.2, 0.25) is 0 Å². The molecule has 0 saturated carbocycles. The van der Waals surface area contributed by atoms with Crippen LogP contribution in [0.4, 0.5) is 4.79 Å². The molecule has 0 amide bonds. The summed E-state index contributed by atoms with van der Waals surface area (Å²) < 4.78 is 1.61. The van der Waals surface area contributed by atoms with Gasteiger partial charge in [0.15, 0.2) is 0 Å². The lowest BCUT2D eigenvalue weighted by Crippen LogP contribution is -2.04. The highest BCUT2D eigenvalue weighted by molar-refractivity contribution is 6.57. The highest BCUT2D eigenvalue weighted by Gasteiger charge is 1.90. The van der Waals surface area contributed by atoms with E-state index >= 15 is 0 Å². The average Bonchev–Trinajstić information content (AvgIpc) is 2.12. The maximum absolute atomic E-state index is 10.5. The predicted octanol–water partition coefficient (Wildman–Crippen LogP) is -0.516. The van der Waals surface area contributed by atoms with Crippen LogP contribution in [0.5, 0.6) is 0 Å². The van der Waals surface area contributed by atoms with Crippen LogP contribution in [0.3, 0.4) is 0 Å². The Morgan fingerprint density at radius 1 is 1.75 bits per heavy atom. The van der Waals surface area contributed by atoms with Crippen molar-refractivity contribution in [1.82, 2.24) is 9.55 Å². The third kappa shape index (κ3) is 0.972. The number of nitrogens with zero attached hydrogens (tertiary/aromatic N) is 2. The Balaban J connectivity index is 2.93. The monoisotopic (exact) mass is 124 g/mol. The Hall–Kier alpha value is -0.588. The van der Waals surface area contributed by atoms with Gasteiger partial charge in [-0.3, -0.25) is 9.36 Å². The van der Waals surface area contributed by atoms with Crippen LogP contribution < -0.4 is 0 Å². The van der Waals surface area contributed by atoms with Crippen LogP contribution in [0.25, 0.3) is 0 Å². The van der Waals surface area contributed by atoms with Crippen LogP contribution in [0.1, 0.15) is 0 Å². The summed E-state index contributed by atoms with van der Waals surface area (Å²) in [5.74, 6) is 0. The fourth-order valence-corrected chi connectivity index (χ4v) is 0.710. The highest BCUT2D eigenvalue weighted by atomic mass is 27.0. The molecule has 8 heavy (non-hydrogen) atoms. The zero-order valence-corrected chi connectivity index (χ0v) is 6.53. The van der Waals surface area contributed by atoms with Crippen molar-refractivity contribution >= 4 is 21.1 Å². The molecule has 0 aliphatic rings.